The third kappa shape index (κ3) is 20.1. The summed E-state index contributed by atoms with van der Waals surface area (Å²) in [5, 5.41) is 0. The Morgan fingerprint density at radius 2 is 1.14 bits per heavy atom. The lowest BCUT2D eigenvalue weighted by Gasteiger charge is -2.21. The number of hydrogen-bond acceptors (Lipinski definition) is 4. The molecule has 0 saturated carbocycles. The summed E-state index contributed by atoms with van der Waals surface area (Å²) in [4.78, 5) is 14.2. The number of esters is 1. The minimum Gasteiger partial charge on any atom is -0.463 e. The van der Waals surface area contributed by atoms with Crippen molar-refractivity contribution in [3.8, 4) is 0 Å². The fourth-order valence-electron chi connectivity index (χ4n) is 3.26. The molecule has 28 heavy (non-hydrogen) atoms. The molecule has 0 amide bonds. The molecule has 0 aliphatic rings. The molecule has 0 N–H and O–H groups in total. The summed E-state index contributed by atoms with van der Waals surface area (Å²) >= 11 is 0. The largest absolute Gasteiger partial charge is 0.463 e. The van der Waals surface area contributed by atoms with Crippen LogP contribution >= 0.6 is 0 Å². The lowest BCUT2D eigenvalue weighted by molar-refractivity contribution is -0.145. The molecule has 0 rings (SSSR count). The Bertz CT molecular complexity index is 315. The monoisotopic (exact) mass is 399 g/mol. The number of rotatable bonds is 22. The molecule has 0 fully saturated rings. The van der Waals surface area contributed by atoms with Gasteiger partial charge in [0.05, 0.1) is 13.2 Å². The number of ether oxygens (including phenoxy) is 2. The molecule has 0 aliphatic carbocycles. The third-order valence-corrected chi connectivity index (χ3v) is 5.18. The minimum absolute atomic E-state index is 0.0703. The number of unbranched alkanes of at least 4 members (excludes halogenated alkanes) is 10. The zero-order chi connectivity index (χ0) is 20.7. The van der Waals surface area contributed by atoms with E-state index >= 15 is 0 Å². The number of hydrogen-bond donors (Lipinski definition) is 0. The maximum Gasteiger partial charge on any atom is 0.305 e. The molecule has 4 heteroatoms. The van der Waals surface area contributed by atoms with Crippen molar-refractivity contribution in [3.63, 3.8) is 0 Å². The lowest BCUT2D eigenvalue weighted by Crippen LogP contribution is -2.30. The first kappa shape index (κ1) is 27.4. The fraction of sp³-hybridized carbons (Fsp3) is 0.958. The zero-order valence-corrected chi connectivity index (χ0v) is 19.3. The van der Waals surface area contributed by atoms with E-state index in [0.717, 1.165) is 39.1 Å². The second-order valence-corrected chi connectivity index (χ2v) is 7.96. The second-order valence-electron chi connectivity index (χ2n) is 7.96. The highest BCUT2D eigenvalue weighted by atomic mass is 16.6. The predicted molar refractivity (Wildman–Crippen MR) is 120 cm³/mol. The van der Waals surface area contributed by atoms with Gasteiger partial charge in [-0.15, -0.1) is 0 Å². The van der Waals surface area contributed by atoms with Gasteiger partial charge in [-0.2, -0.15) is 0 Å². The van der Waals surface area contributed by atoms with E-state index in [1.54, 1.807) is 0 Å². The molecular formula is C24H49NO3. The average Bonchev–Trinajstić information content (AvgIpc) is 2.70. The first-order valence-corrected chi connectivity index (χ1v) is 12.2. The van der Waals surface area contributed by atoms with Gasteiger partial charge in [-0.3, -0.25) is 4.79 Å². The van der Waals surface area contributed by atoms with Crippen molar-refractivity contribution in [1.29, 1.82) is 0 Å². The van der Waals surface area contributed by atoms with Crippen LogP contribution in [0.5, 0.6) is 0 Å². The predicted octanol–water partition coefficient (Wildman–Crippen LogP) is 6.37. The molecule has 0 atom stereocenters. The molecule has 4 nitrogen and oxygen atoms in total. The van der Waals surface area contributed by atoms with E-state index in [4.69, 9.17) is 9.47 Å². The molecule has 0 unspecified atom stereocenters. The van der Waals surface area contributed by atoms with Gasteiger partial charge in [-0.25, -0.2) is 0 Å². The molecular weight excluding hydrogens is 350 g/mol. The topological polar surface area (TPSA) is 38.8 Å². The van der Waals surface area contributed by atoms with Crippen LogP contribution in [-0.2, 0) is 14.3 Å². The number of nitrogens with zero attached hydrogens (tertiary/aromatic N) is 1. The Labute approximate surface area is 175 Å². The standard InChI is InChI=1S/C24H49NO3/c1-4-7-10-11-12-13-14-15-16-17-24(26)28-23-22-27-21-20-25(18-8-5-2)19-9-6-3/h4-23H2,1-3H3. The molecule has 168 valence electrons. The maximum absolute atomic E-state index is 11.7. The van der Waals surface area contributed by atoms with Gasteiger partial charge >= 0.3 is 5.97 Å². The fourth-order valence-corrected chi connectivity index (χ4v) is 3.26. The molecule has 0 aromatic rings. The molecule has 0 aromatic heterocycles. The van der Waals surface area contributed by atoms with Crippen LogP contribution in [-0.4, -0.2) is 50.3 Å². The van der Waals surface area contributed by atoms with Crippen LogP contribution in [0.3, 0.4) is 0 Å². The number of carbonyl (C=O) groups is 1. The van der Waals surface area contributed by atoms with E-state index in [1.807, 2.05) is 0 Å². The van der Waals surface area contributed by atoms with Crippen LogP contribution in [0.1, 0.15) is 111 Å². The Morgan fingerprint density at radius 1 is 0.607 bits per heavy atom. The van der Waals surface area contributed by atoms with E-state index in [0.29, 0.717) is 19.6 Å². The third-order valence-electron chi connectivity index (χ3n) is 5.18. The van der Waals surface area contributed by atoms with Crippen molar-refractivity contribution < 1.29 is 14.3 Å². The molecule has 0 heterocycles. The number of carbonyl (C=O) groups excluding carboxylic acids is 1. The normalized spacial score (nSPS) is 11.3. The Morgan fingerprint density at radius 3 is 1.71 bits per heavy atom. The van der Waals surface area contributed by atoms with Gasteiger partial charge < -0.3 is 14.4 Å². The minimum atomic E-state index is -0.0703. The first-order valence-electron chi connectivity index (χ1n) is 12.2. The van der Waals surface area contributed by atoms with E-state index < -0.39 is 0 Å². The van der Waals surface area contributed by atoms with Crippen LogP contribution < -0.4 is 0 Å². The molecule has 0 aromatic carbocycles. The average molecular weight is 400 g/mol. The van der Waals surface area contributed by atoms with Crippen molar-refractivity contribution in [2.75, 3.05) is 39.5 Å². The second kappa shape index (κ2) is 22.7. The maximum atomic E-state index is 11.7. The highest BCUT2D eigenvalue weighted by Gasteiger charge is 2.05. The SMILES string of the molecule is CCCCCCCCCCCC(=O)OCCOCCN(CCCC)CCCC. The van der Waals surface area contributed by atoms with Gasteiger partial charge in [0.25, 0.3) is 0 Å². The summed E-state index contributed by atoms with van der Waals surface area (Å²) < 4.78 is 10.9. The van der Waals surface area contributed by atoms with Crippen LogP contribution in [0.15, 0.2) is 0 Å². The van der Waals surface area contributed by atoms with E-state index in [-0.39, 0.29) is 5.97 Å². The van der Waals surface area contributed by atoms with Gasteiger partial charge in [-0.1, -0.05) is 85.0 Å². The first-order chi connectivity index (χ1) is 13.7. The summed E-state index contributed by atoms with van der Waals surface area (Å²) in [6, 6.07) is 0. The van der Waals surface area contributed by atoms with Crippen molar-refractivity contribution >= 4 is 5.97 Å². The summed E-state index contributed by atoms with van der Waals surface area (Å²) in [6.45, 7) is 11.6. The van der Waals surface area contributed by atoms with Crippen molar-refractivity contribution in [2.45, 2.75) is 111 Å². The Kier molecular flexibility index (Phi) is 22.2. The van der Waals surface area contributed by atoms with Crippen LogP contribution in [0, 0.1) is 0 Å². The molecule has 0 saturated heterocycles. The Balaban J connectivity index is 3.43. The van der Waals surface area contributed by atoms with Gasteiger partial charge in [0.2, 0.25) is 0 Å². The highest BCUT2D eigenvalue weighted by molar-refractivity contribution is 5.69. The summed E-state index contributed by atoms with van der Waals surface area (Å²) in [5.41, 5.74) is 0. The molecule has 0 radical (unpaired) electrons. The summed E-state index contributed by atoms with van der Waals surface area (Å²) in [7, 11) is 0. The highest BCUT2D eigenvalue weighted by Crippen LogP contribution is 2.10. The van der Waals surface area contributed by atoms with Crippen LogP contribution in [0.2, 0.25) is 0 Å². The van der Waals surface area contributed by atoms with E-state index in [9.17, 15) is 4.79 Å². The summed E-state index contributed by atoms with van der Waals surface area (Å²) in [6.07, 6.45) is 16.9. The smallest absolute Gasteiger partial charge is 0.305 e. The lowest BCUT2D eigenvalue weighted by atomic mass is 10.1. The Hall–Kier alpha value is -0.610. The van der Waals surface area contributed by atoms with Crippen LogP contribution in [0.25, 0.3) is 0 Å². The van der Waals surface area contributed by atoms with Crippen molar-refractivity contribution in [1.82, 2.24) is 4.90 Å². The van der Waals surface area contributed by atoms with Gasteiger partial charge in [0, 0.05) is 13.0 Å². The molecule has 0 aliphatic heterocycles. The van der Waals surface area contributed by atoms with Gasteiger partial charge in [0.15, 0.2) is 0 Å². The van der Waals surface area contributed by atoms with E-state index in [2.05, 4.69) is 25.7 Å². The summed E-state index contributed by atoms with van der Waals surface area (Å²) in [5.74, 6) is -0.0703. The van der Waals surface area contributed by atoms with Crippen molar-refractivity contribution in [2.24, 2.45) is 0 Å². The van der Waals surface area contributed by atoms with Gasteiger partial charge in [-0.05, 0) is 32.4 Å². The molecule has 0 spiro atoms. The van der Waals surface area contributed by atoms with Crippen LogP contribution in [0.4, 0.5) is 0 Å². The molecule has 0 bridgehead atoms. The van der Waals surface area contributed by atoms with Crippen molar-refractivity contribution in [3.05, 3.63) is 0 Å². The van der Waals surface area contributed by atoms with Gasteiger partial charge in [0.1, 0.15) is 6.61 Å². The quantitative estimate of drug-likeness (QED) is 0.157. The van der Waals surface area contributed by atoms with E-state index in [1.165, 1.54) is 70.6 Å². The zero-order valence-electron chi connectivity index (χ0n) is 19.3.